The standard InChI is InChI=1S/C17H20N2OS/c20-17(14-4-2-1-3-5-14)19-11-13-6-8-18-16(10-13)15-7-9-21-12-15/h6-10,12,14H,1-5,11H2,(H,19,20). The highest BCUT2D eigenvalue weighted by Crippen LogP contribution is 2.24. The van der Waals surface area contributed by atoms with Crippen molar-refractivity contribution in [1.82, 2.24) is 10.3 Å². The predicted octanol–water partition coefficient (Wildman–Crippen LogP) is 4.01. The van der Waals surface area contributed by atoms with Crippen molar-refractivity contribution in [2.24, 2.45) is 5.92 Å². The Morgan fingerprint density at radius 1 is 1.29 bits per heavy atom. The Bertz CT molecular complexity index is 589. The minimum Gasteiger partial charge on any atom is -0.352 e. The monoisotopic (exact) mass is 300 g/mol. The molecular formula is C17H20N2OS. The molecule has 0 spiro atoms. The van der Waals surface area contributed by atoms with Crippen molar-refractivity contribution in [2.75, 3.05) is 0 Å². The zero-order valence-corrected chi connectivity index (χ0v) is 12.9. The Kier molecular flexibility index (Phi) is 4.65. The zero-order chi connectivity index (χ0) is 14.5. The van der Waals surface area contributed by atoms with Gasteiger partial charge in [-0.25, -0.2) is 0 Å². The van der Waals surface area contributed by atoms with Crippen LogP contribution in [-0.2, 0) is 11.3 Å². The number of carbonyl (C=O) groups excluding carboxylic acids is 1. The van der Waals surface area contributed by atoms with Crippen molar-refractivity contribution in [2.45, 2.75) is 38.6 Å². The SMILES string of the molecule is O=C(NCc1ccnc(-c2ccsc2)c1)C1CCCCC1. The summed E-state index contributed by atoms with van der Waals surface area (Å²) in [5, 5.41) is 7.22. The molecule has 0 saturated heterocycles. The lowest BCUT2D eigenvalue weighted by Gasteiger charge is -2.20. The van der Waals surface area contributed by atoms with Crippen LogP contribution in [0.4, 0.5) is 0 Å². The van der Waals surface area contributed by atoms with Gasteiger partial charge in [-0.1, -0.05) is 19.3 Å². The third-order valence-electron chi connectivity index (χ3n) is 4.08. The fraction of sp³-hybridized carbons (Fsp3) is 0.412. The highest BCUT2D eigenvalue weighted by Gasteiger charge is 2.20. The first-order valence-electron chi connectivity index (χ1n) is 7.58. The first-order valence-corrected chi connectivity index (χ1v) is 8.52. The number of rotatable bonds is 4. The van der Waals surface area contributed by atoms with Crippen molar-refractivity contribution in [1.29, 1.82) is 0 Å². The number of amides is 1. The van der Waals surface area contributed by atoms with Gasteiger partial charge in [-0.05, 0) is 42.0 Å². The van der Waals surface area contributed by atoms with Crippen LogP contribution in [0.25, 0.3) is 11.3 Å². The largest absolute Gasteiger partial charge is 0.352 e. The van der Waals surface area contributed by atoms with Gasteiger partial charge in [-0.2, -0.15) is 11.3 Å². The molecule has 1 fully saturated rings. The van der Waals surface area contributed by atoms with E-state index in [0.29, 0.717) is 6.54 Å². The molecule has 1 saturated carbocycles. The summed E-state index contributed by atoms with van der Waals surface area (Å²) in [4.78, 5) is 16.6. The van der Waals surface area contributed by atoms with Crippen molar-refractivity contribution >= 4 is 17.2 Å². The van der Waals surface area contributed by atoms with E-state index in [1.807, 2.05) is 12.3 Å². The molecule has 2 heterocycles. The fourth-order valence-electron chi connectivity index (χ4n) is 2.85. The second-order valence-corrected chi connectivity index (χ2v) is 6.39. The highest BCUT2D eigenvalue weighted by atomic mass is 32.1. The van der Waals surface area contributed by atoms with E-state index in [2.05, 4.69) is 33.2 Å². The number of carbonyl (C=O) groups is 1. The van der Waals surface area contributed by atoms with Crippen molar-refractivity contribution in [3.05, 3.63) is 40.7 Å². The summed E-state index contributed by atoms with van der Waals surface area (Å²) in [7, 11) is 0. The van der Waals surface area contributed by atoms with Gasteiger partial charge in [0.15, 0.2) is 0 Å². The third kappa shape index (κ3) is 3.70. The molecule has 1 N–H and O–H groups in total. The van der Waals surface area contributed by atoms with Crippen LogP contribution >= 0.6 is 11.3 Å². The Labute approximate surface area is 129 Å². The molecule has 4 heteroatoms. The fourth-order valence-corrected chi connectivity index (χ4v) is 3.50. The molecule has 0 unspecified atom stereocenters. The average Bonchev–Trinajstić information content (AvgIpc) is 3.08. The topological polar surface area (TPSA) is 42.0 Å². The third-order valence-corrected chi connectivity index (χ3v) is 4.77. The number of hydrogen-bond acceptors (Lipinski definition) is 3. The maximum atomic E-state index is 12.2. The second-order valence-electron chi connectivity index (χ2n) is 5.61. The molecule has 0 atom stereocenters. The van der Waals surface area contributed by atoms with Crippen LogP contribution in [0.15, 0.2) is 35.2 Å². The Balaban J connectivity index is 1.60. The number of pyridine rings is 1. The molecular weight excluding hydrogens is 280 g/mol. The Morgan fingerprint density at radius 3 is 2.90 bits per heavy atom. The molecule has 1 aliphatic carbocycles. The molecule has 0 radical (unpaired) electrons. The summed E-state index contributed by atoms with van der Waals surface area (Å²) in [6.07, 6.45) is 7.56. The molecule has 110 valence electrons. The maximum absolute atomic E-state index is 12.2. The van der Waals surface area contributed by atoms with Crippen LogP contribution in [0.2, 0.25) is 0 Å². The van der Waals surface area contributed by atoms with E-state index in [1.165, 1.54) is 19.3 Å². The average molecular weight is 300 g/mol. The van der Waals surface area contributed by atoms with Crippen LogP contribution < -0.4 is 5.32 Å². The highest BCUT2D eigenvalue weighted by molar-refractivity contribution is 7.08. The van der Waals surface area contributed by atoms with E-state index in [-0.39, 0.29) is 11.8 Å². The molecule has 21 heavy (non-hydrogen) atoms. The summed E-state index contributed by atoms with van der Waals surface area (Å²) in [5.41, 5.74) is 3.22. The van der Waals surface area contributed by atoms with E-state index in [9.17, 15) is 4.79 Å². The quantitative estimate of drug-likeness (QED) is 0.927. The molecule has 1 amide bonds. The molecule has 2 aromatic heterocycles. The molecule has 2 aromatic rings. The second kappa shape index (κ2) is 6.85. The maximum Gasteiger partial charge on any atom is 0.223 e. The van der Waals surface area contributed by atoms with E-state index in [0.717, 1.165) is 29.7 Å². The molecule has 1 aliphatic rings. The van der Waals surface area contributed by atoms with E-state index in [1.54, 1.807) is 11.3 Å². The number of aromatic nitrogens is 1. The van der Waals surface area contributed by atoms with Gasteiger partial charge in [0.2, 0.25) is 5.91 Å². The molecule has 3 rings (SSSR count). The van der Waals surface area contributed by atoms with Crippen molar-refractivity contribution < 1.29 is 4.79 Å². The smallest absolute Gasteiger partial charge is 0.223 e. The van der Waals surface area contributed by atoms with Gasteiger partial charge >= 0.3 is 0 Å². The Hall–Kier alpha value is -1.68. The normalized spacial score (nSPS) is 15.8. The van der Waals surface area contributed by atoms with Crippen LogP contribution in [0, 0.1) is 5.92 Å². The first kappa shape index (κ1) is 14.3. The van der Waals surface area contributed by atoms with Crippen LogP contribution in [0.3, 0.4) is 0 Å². The summed E-state index contributed by atoms with van der Waals surface area (Å²) in [5.74, 6) is 0.431. The van der Waals surface area contributed by atoms with E-state index in [4.69, 9.17) is 0 Å². The van der Waals surface area contributed by atoms with Crippen LogP contribution in [0.1, 0.15) is 37.7 Å². The summed E-state index contributed by atoms with van der Waals surface area (Å²) in [6, 6.07) is 6.09. The molecule has 0 aromatic carbocycles. The van der Waals surface area contributed by atoms with Gasteiger partial charge in [0.05, 0.1) is 5.69 Å². The van der Waals surface area contributed by atoms with Gasteiger partial charge < -0.3 is 5.32 Å². The Morgan fingerprint density at radius 2 is 2.14 bits per heavy atom. The summed E-state index contributed by atoms with van der Waals surface area (Å²) in [6.45, 7) is 0.592. The number of hydrogen-bond donors (Lipinski definition) is 1. The molecule has 0 bridgehead atoms. The lowest BCUT2D eigenvalue weighted by Crippen LogP contribution is -2.31. The number of nitrogens with zero attached hydrogens (tertiary/aromatic N) is 1. The summed E-state index contributed by atoms with van der Waals surface area (Å²) < 4.78 is 0. The molecule has 0 aliphatic heterocycles. The predicted molar refractivity (Wildman–Crippen MR) is 86.0 cm³/mol. The number of thiophene rings is 1. The zero-order valence-electron chi connectivity index (χ0n) is 12.0. The van der Waals surface area contributed by atoms with Crippen LogP contribution in [0.5, 0.6) is 0 Å². The van der Waals surface area contributed by atoms with Gasteiger partial charge in [-0.3, -0.25) is 9.78 Å². The summed E-state index contributed by atoms with van der Waals surface area (Å²) >= 11 is 1.67. The minimum absolute atomic E-state index is 0.212. The number of nitrogens with one attached hydrogen (secondary N) is 1. The van der Waals surface area contributed by atoms with Gasteiger partial charge in [0, 0.05) is 29.6 Å². The van der Waals surface area contributed by atoms with Gasteiger partial charge in [0.1, 0.15) is 0 Å². The molecule has 3 nitrogen and oxygen atoms in total. The minimum atomic E-state index is 0.212. The van der Waals surface area contributed by atoms with Crippen molar-refractivity contribution in [3.63, 3.8) is 0 Å². The van der Waals surface area contributed by atoms with Crippen molar-refractivity contribution in [3.8, 4) is 11.3 Å². The van der Waals surface area contributed by atoms with E-state index < -0.39 is 0 Å². The lowest BCUT2D eigenvalue weighted by molar-refractivity contribution is -0.126. The first-order chi connectivity index (χ1) is 10.3. The van der Waals surface area contributed by atoms with Gasteiger partial charge in [0.25, 0.3) is 0 Å². The van der Waals surface area contributed by atoms with Gasteiger partial charge in [-0.15, -0.1) is 0 Å². The lowest BCUT2D eigenvalue weighted by atomic mass is 9.88. The van der Waals surface area contributed by atoms with E-state index >= 15 is 0 Å². The van der Waals surface area contributed by atoms with Crippen LogP contribution in [-0.4, -0.2) is 10.9 Å².